The number of hydrogen-bond acceptors (Lipinski definition) is 1. The van der Waals surface area contributed by atoms with Gasteiger partial charge in [0, 0.05) is 5.69 Å². The number of nitrogen functional groups attached to an aromatic ring is 1. The molecule has 1 fully saturated rings. The lowest BCUT2D eigenvalue weighted by atomic mass is 9.76. The maximum absolute atomic E-state index is 5.78. The second kappa shape index (κ2) is 8.56. The van der Waals surface area contributed by atoms with Crippen LogP contribution in [-0.2, 0) is 6.42 Å². The molecule has 3 rings (SSSR count). The molecule has 134 valence electrons. The zero-order valence-corrected chi connectivity index (χ0v) is 15.9. The van der Waals surface area contributed by atoms with E-state index in [4.69, 9.17) is 5.73 Å². The highest BCUT2D eigenvalue weighted by Crippen LogP contribution is 2.39. The van der Waals surface area contributed by atoms with Gasteiger partial charge in [-0.2, -0.15) is 0 Å². The number of nitrogens with two attached hydrogens (primary N) is 1. The first-order chi connectivity index (χ1) is 12.2. The number of hydrogen-bond donors (Lipinski definition) is 1. The number of rotatable bonds is 6. The summed E-state index contributed by atoms with van der Waals surface area (Å²) in [4.78, 5) is 0. The maximum atomic E-state index is 5.78. The minimum absolute atomic E-state index is 0.781. The van der Waals surface area contributed by atoms with Crippen LogP contribution in [0.4, 0.5) is 5.69 Å². The van der Waals surface area contributed by atoms with Crippen LogP contribution in [0.5, 0.6) is 0 Å². The van der Waals surface area contributed by atoms with Gasteiger partial charge >= 0.3 is 0 Å². The molecule has 0 unspecified atom stereocenters. The van der Waals surface area contributed by atoms with Gasteiger partial charge < -0.3 is 5.73 Å². The van der Waals surface area contributed by atoms with Crippen LogP contribution in [0.25, 0.3) is 0 Å². The fourth-order valence-corrected chi connectivity index (χ4v) is 4.43. The van der Waals surface area contributed by atoms with E-state index in [1.807, 2.05) is 12.1 Å². The Morgan fingerprint density at radius 1 is 0.920 bits per heavy atom. The summed E-state index contributed by atoms with van der Waals surface area (Å²) in [6, 6.07) is 15.4. The summed E-state index contributed by atoms with van der Waals surface area (Å²) >= 11 is 0. The summed E-state index contributed by atoms with van der Waals surface area (Å²) < 4.78 is 0. The smallest absolute Gasteiger partial charge is 0.0314 e. The molecular formula is C24H33N. The summed E-state index contributed by atoms with van der Waals surface area (Å²) in [5.41, 5.74) is 12.4. The third-order valence-corrected chi connectivity index (χ3v) is 5.97. The first-order valence-corrected chi connectivity index (χ1v) is 10.1. The predicted molar refractivity (Wildman–Crippen MR) is 109 cm³/mol. The van der Waals surface area contributed by atoms with Crippen LogP contribution >= 0.6 is 0 Å². The zero-order chi connectivity index (χ0) is 17.6. The normalized spacial score (nSPS) is 20.6. The van der Waals surface area contributed by atoms with E-state index in [2.05, 4.69) is 44.2 Å². The van der Waals surface area contributed by atoms with Crippen molar-refractivity contribution < 1.29 is 0 Å². The van der Waals surface area contributed by atoms with E-state index in [0.717, 1.165) is 23.9 Å². The van der Waals surface area contributed by atoms with E-state index < -0.39 is 0 Å². The number of benzene rings is 2. The van der Waals surface area contributed by atoms with Crippen LogP contribution in [0, 0.1) is 12.8 Å². The van der Waals surface area contributed by atoms with Crippen molar-refractivity contribution in [3.8, 4) is 0 Å². The molecule has 1 nitrogen and oxygen atoms in total. The zero-order valence-electron chi connectivity index (χ0n) is 15.9. The second-order valence-corrected chi connectivity index (χ2v) is 7.97. The van der Waals surface area contributed by atoms with Crippen LogP contribution in [0.1, 0.15) is 80.0 Å². The quantitative estimate of drug-likeness (QED) is 0.589. The molecule has 0 saturated heterocycles. The standard InChI is InChI=1S/C24H33N/c1-3-4-5-19-6-11-22(12-7-19)24-15-10-21(16-18(24)2)17-20-8-13-23(25)14-9-20/h8-10,13-16,19,22H,3-7,11-12,17,25H2,1-2H3. The van der Waals surface area contributed by atoms with E-state index >= 15 is 0 Å². The van der Waals surface area contributed by atoms with Crippen LogP contribution < -0.4 is 5.73 Å². The molecule has 1 aliphatic carbocycles. The van der Waals surface area contributed by atoms with Gasteiger partial charge in [0.25, 0.3) is 0 Å². The van der Waals surface area contributed by atoms with Crippen molar-refractivity contribution in [1.29, 1.82) is 0 Å². The van der Waals surface area contributed by atoms with Crippen molar-refractivity contribution in [2.24, 2.45) is 5.92 Å². The van der Waals surface area contributed by atoms with Crippen LogP contribution in [0.3, 0.4) is 0 Å². The van der Waals surface area contributed by atoms with Gasteiger partial charge in [0.15, 0.2) is 0 Å². The van der Waals surface area contributed by atoms with E-state index in [-0.39, 0.29) is 0 Å². The fourth-order valence-electron chi connectivity index (χ4n) is 4.43. The largest absolute Gasteiger partial charge is 0.399 e. The molecule has 0 amide bonds. The Balaban J connectivity index is 1.61. The lowest BCUT2D eigenvalue weighted by molar-refractivity contribution is 0.304. The first kappa shape index (κ1) is 18.0. The molecule has 1 aliphatic rings. The van der Waals surface area contributed by atoms with Crippen LogP contribution in [0.2, 0.25) is 0 Å². The molecule has 0 radical (unpaired) electrons. The number of unbranched alkanes of at least 4 members (excludes halogenated alkanes) is 1. The molecule has 0 aliphatic heterocycles. The second-order valence-electron chi connectivity index (χ2n) is 7.97. The summed E-state index contributed by atoms with van der Waals surface area (Å²) in [7, 11) is 0. The minimum atomic E-state index is 0.781. The van der Waals surface area contributed by atoms with Gasteiger partial charge in [0.2, 0.25) is 0 Å². The highest BCUT2D eigenvalue weighted by Gasteiger charge is 2.23. The highest BCUT2D eigenvalue weighted by molar-refractivity contribution is 5.42. The van der Waals surface area contributed by atoms with Crippen molar-refractivity contribution >= 4 is 5.69 Å². The Morgan fingerprint density at radius 2 is 1.60 bits per heavy atom. The van der Waals surface area contributed by atoms with Crippen molar-refractivity contribution in [3.05, 3.63) is 64.7 Å². The summed E-state index contributed by atoms with van der Waals surface area (Å²) in [5, 5.41) is 0. The molecule has 2 aromatic carbocycles. The van der Waals surface area contributed by atoms with Gasteiger partial charge in [-0.15, -0.1) is 0 Å². The lowest BCUT2D eigenvalue weighted by Crippen LogP contribution is -2.14. The van der Waals surface area contributed by atoms with Crippen molar-refractivity contribution in [2.75, 3.05) is 5.73 Å². The van der Waals surface area contributed by atoms with E-state index in [1.165, 1.54) is 61.6 Å². The third kappa shape index (κ3) is 4.87. The van der Waals surface area contributed by atoms with Crippen molar-refractivity contribution in [2.45, 2.75) is 71.1 Å². The van der Waals surface area contributed by atoms with Gasteiger partial charge in [-0.05, 0) is 85.3 Å². The van der Waals surface area contributed by atoms with Gasteiger partial charge in [0.05, 0.1) is 0 Å². The highest BCUT2D eigenvalue weighted by atomic mass is 14.5. The van der Waals surface area contributed by atoms with Gasteiger partial charge in [-0.3, -0.25) is 0 Å². The molecule has 0 aromatic heterocycles. The van der Waals surface area contributed by atoms with Gasteiger partial charge in [0.1, 0.15) is 0 Å². The Hall–Kier alpha value is -1.76. The SMILES string of the molecule is CCCCC1CCC(c2ccc(Cc3ccc(N)cc3)cc2C)CC1. The number of anilines is 1. The fraction of sp³-hybridized carbons (Fsp3) is 0.500. The molecule has 1 heteroatoms. The Bertz CT molecular complexity index is 663. The van der Waals surface area contributed by atoms with Gasteiger partial charge in [-0.25, -0.2) is 0 Å². The lowest BCUT2D eigenvalue weighted by Gasteiger charge is -2.30. The van der Waals surface area contributed by atoms with E-state index in [1.54, 1.807) is 5.56 Å². The number of aryl methyl sites for hydroxylation is 1. The van der Waals surface area contributed by atoms with E-state index in [9.17, 15) is 0 Å². The average Bonchev–Trinajstić information content (AvgIpc) is 2.63. The summed E-state index contributed by atoms with van der Waals surface area (Å²) in [5.74, 6) is 1.77. The van der Waals surface area contributed by atoms with Crippen molar-refractivity contribution in [1.82, 2.24) is 0 Å². The summed E-state index contributed by atoms with van der Waals surface area (Å²) in [6.45, 7) is 4.60. The summed E-state index contributed by atoms with van der Waals surface area (Å²) in [6.07, 6.45) is 10.8. The molecule has 1 saturated carbocycles. The molecule has 0 atom stereocenters. The van der Waals surface area contributed by atoms with Crippen LogP contribution in [-0.4, -0.2) is 0 Å². The maximum Gasteiger partial charge on any atom is 0.0314 e. The minimum Gasteiger partial charge on any atom is -0.399 e. The molecule has 0 bridgehead atoms. The van der Waals surface area contributed by atoms with Gasteiger partial charge in [-0.1, -0.05) is 56.5 Å². The molecule has 25 heavy (non-hydrogen) atoms. The molecule has 0 heterocycles. The molecular weight excluding hydrogens is 302 g/mol. The molecule has 0 spiro atoms. The Labute approximate surface area is 153 Å². The Kier molecular flexibility index (Phi) is 6.18. The first-order valence-electron chi connectivity index (χ1n) is 10.1. The van der Waals surface area contributed by atoms with Crippen molar-refractivity contribution in [3.63, 3.8) is 0 Å². The predicted octanol–water partition coefficient (Wildman–Crippen LogP) is 6.63. The van der Waals surface area contributed by atoms with Crippen LogP contribution in [0.15, 0.2) is 42.5 Å². The molecule has 2 N–H and O–H groups in total. The topological polar surface area (TPSA) is 26.0 Å². The third-order valence-electron chi connectivity index (χ3n) is 5.97. The molecule has 2 aromatic rings. The Morgan fingerprint density at radius 3 is 2.24 bits per heavy atom. The average molecular weight is 336 g/mol. The van der Waals surface area contributed by atoms with E-state index in [0.29, 0.717) is 0 Å². The monoisotopic (exact) mass is 335 g/mol.